The van der Waals surface area contributed by atoms with E-state index in [1.54, 1.807) is 24.3 Å². The summed E-state index contributed by atoms with van der Waals surface area (Å²) in [6.07, 6.45) is 0. The molecule has 0 aliphatic heterocycles. The second kappa shape index (κ2) is 6.39. The first-order valence-corrected chi connectivity index (χ1v) is 6.43. The number of aromatic carboxylic acids is 1. The third-order valence-corrected chi connectivity index (χ3v) is 3.18. The summed E-state index contributed by atoms with van der Waals surface area (Å²) >= 11 is 5.94. The average Bonchev–Trinajstić information content (AvgIpc) is 2.49. The molecule has 6 heteroatoms. The van der Waals surface area contributed by atoms with E-state index >= 15 is 0 Å². The van der Waals surface area contributed by atoms with Gasteiger partial charge in [0, 0.05) is 5.56 Å². The van der Waals surface area contributed by atoms with Gasteiger partial charge in [0.15, 0.2) is 0 Å². The maximum Gasteiger partial charge on any atom is 0.335 e. The lowest BCUT2D eigenvalue weighted by Gasteiger charge is -2.08. The number of halogens is 1. The smallest absolute Gasteiger partial charge is 0.335 e. The molecule has 0 heterocycles. The maximum atomic E-state index is 12.0. The number of carbonyl (C=O) groups is 2. The van der Waals surface area contributed by atoms with E-state index in [1.165, 1.54) is 18.2 Å². The van der Waals surface area contributed by atoms with Crippen molar-refractivity contribution in [2.75, 3.05) is 5.32 Å². The van der Waals surface area contributed by atoms with Crippen molar-refractivity contribution in [3.8, 4) is 0 Å². The van der Waals surface area contributed by atoms with Crippen LogP contribution in [0, 0.1) is 0 Å². The summed E-state index contributed by atoms with van der Waals surface area (Å²) in [5.74, 6) is -1.46. The molecular weight excluding hydrogens is 294 g/mol. The van der Waals surface area contributed by atoms with Gasteiger partial charge < -0.3 is 15.5 Å². The third kappa shape index (κ3) is 3.59. The van der Waals surface area contributed by atoms with Crippen LogP contribution in [0.3, 0.4) is 0 Å². The van der Waals surface area contributed by atoms with E-state index in [4.69, 9.17) is 21.8 Å². The van der Waals surface area contributed by atoms with Gasteiger partial charge in [0.25, 0.3) is 5.91 Å². The minimum Gasteiger partial charge on any atom is -0.478 e. The summed E-state index contributed by atoms with van der Waals surface area (Å²) in [6, 6.07) is 10.5. The molecule has 0 spiro atoms. The minimum atomic E-state index is -1.09. The van der Waals surface area contributed by atoms with Crippen molar-refractivity contribution in [2.45, 2.75) is 6.61 Å². The molecule has 0 unspecified atom stereocenters. The molecule has 0 aromatic heterocycles. The van der Waals surface area contributed by atoms with Gasteiger partial charge in [-0.1, -0.05) is 23.7 Å². The fourth-order valence-corrected chi connectivity index (χ4v) is 1.93. The second-order valence-corrected chi connectivity index (χ2v) is 4.72. The van der Waals surface area contributed by atoms with Gasteiger partial charge in [0.1, 0.15) is 0 Å². The largest absolute Gasteiger partial charge is 0.478 e. The van der Waals surface area contributed by atoms with Crippen LogP contribution < -0.4 is 5.32 Å². The molecule has 21 heavy (non-hydrogen) atoms. The van der Waals surface area contributed by atoms with Crippen molar-refractivity contribution < 1.29 is 19.8 Å². The molecular formula is C15H12ClNO4. The van der Waals surface area contributed by atoms with Gasteiger partial charge in [-0.15, -0.1) is 0 Å². The molecule has 3 N–H and O–H groups in total. The number of hydrogen-bond acceptors (Lipinski definition) is 3. The first-order chi connectivity index (χ1) is 10.0. The van der Waals surface area contributed by atoms with Gasteiger partial charge in [-0.25, -0.2) is 4.79 Å². The van der Waals surface area contributed by atoms with E-state index in [0.29, 0.717) is 16.8 Å². The van der Waals surface area contributed by atoms with Gasteiger partial charge in [-0.05, 0) is 35.9 Å². The molecule has 0 aliphatic carbocycles. The zero-order valence-corrected chi connectivity index (χ0v) is 11.6. The van der Waals surface area contributed by atoms with Gasteiger partial charge in [-0.3, -0.25) is 4.79 Å². The highest BCUT2D eigenvalue weighted by Gasteiger charge is 2.11. The lowest BCUT2D eigenvalue weighted by molar-refractivity contribution is 0.0696. The number of aliphatic hydroxyl groups excluding tert-OH is 1. The molecule has 0 atom stereocenters. The van der Waals surface area contributed by atoms with Crippen molar-refractivity contribution in [3.05, 3.63) is 64.2 Å². The van der Waals surface area contributed by atoms with Crippen LogP contribution in [0.25, 0.3) is 0 Å². The first-order valence-electron chi connectivity index (χ1n) is 6.05. The number of carboxylic acids is 1. The molecule has 108 valence electrons. The standard InChI is InChI=1S/C15H12ClNO4/c16-12-7-11(15(20)21)5-6-13(12)17-14(19)10-3-1-9(8-18)2-4-10/h1-7,18H,8H2,(H,17,19)(H,20,21). The number of hydrogen-bond donors (Lipinski definition) is 3. The Hall–Kier alpha value is -2.37. The molecule has 0 fully saturated rings. The van der Waals surface area contributed by atoms with Crippen LogP contribution in [0.4, 0.5) is 5.69 Å². The zero-order valence-electron chi connectivity index (χ0n) is 10.8. The van der Waals surface area contributed by atoms with E-state index in [2.05, 4.69) is 5.32 Å². The summed E-state index contributed by atoms with van der Waals surface area (Å²) < 4.78 is 0. The normalized spacial score (nSPS) is 10.2. The predicted octanol–water partition coefficient (Wildman–Crippen LogP) is 2.78. The molecule has 1 amide bonds. The Morgan fingerprint density at radius 1 is 1.05 bits per heavy atom. The Morgan fingerprint density at radius 3 is 2.19 bits per heavy atom. The highest BCUT2D eigenvalue weighted by atomic mass is 35.5. The molecule has 0 saturated heterocycles. The zero-order chi connectivity index (χ0) is 15.4. The number of benzene rings is 2. The van der Waals surface area contributed by atoms with Crippen molar-refractivity contribution >= 4 is 29.2 Å². The highest BCUT2D eigenvalue weighted by Crippen LogP contribution is 2.23. The molecule has 2 aromatic carbocycles. The number of nitrogens with one attached hydrogen (secondary N) is 1. The molecule has 0 radical (unpaired) electrons. The fraction of sp³-hybridized carbons (Fsp3) is 0.0667. The number of carbonyl (C=O) groups excluding carboxylic acids is 1. The van der Waals surface area contributed by atoms with Crippen LogP contribution in [0.5, 0.6) is 0 Å². The molecule has 0 saturated carbocycles. The highest BCUT2D eigenvalue weighted by molar-refractivity contribution is 6.34. The quantitative estimate of drug-likeness (QED) is 0.810. The maximum absolute atomic E-state index is 12.0. The Balaban J connectivity index is 2.17. The number of amides is 1. The van der Waals surface area contributed by atoms with Crippen molar-refractivity contribution in [3.63, 3.8) is 0 Å². The summed E-state index contributed by atoms with van der Waals surface area (Å²) in [5, 5.41) is 20.5. The van der Waals surface area contributed by atoms with Crippen molar-refractivity contribution in [1.82, 2.24) is 0 Å². The van der Waals surface area contributed by atoms with E-state index in [1.807, 2.05) is 0 Å². The van der Waals surface area contributed by atoms with Crippen LogP contribution in [-0.2, 0) is 6.61 Å². The number of carboxylic acid groups (broad SMARTS) is 1. The van der Waals surface area contributed by atoms with Crippen LogP contribution in [0.2, 0.25) is 5.02 Å². The second-order valence-electron chi connectivity index (χ2n) is 4.31. The van der Waals surface area contributed by atoms with Crippen molar-refractivity contribution in [1.29, 1.82) is 0 Å². The van der Waals surface area contributed by atoms with Crippen LogP contribution >= 0.6 is 11.6 Å². The summed E-state index contributed by atoms with van der Waals surface area (Å²) in [7, 11) is 0. The minimum absolute atomic E-state index is 0.0466. The molecule has 0 aliphatic rings. The molecule has 2 rings (SSSR count). The van der Waals surface area contributed by atoms with E-state index in [-0.39, 0.29) is 23.1 Å². The van der Waals surface area contributed by atoms with E-state index < -0.39 is 5.97 Å². The van der Waals surface area contributed by atoms with Crippen LogP contribution in [-0.4, -0.2) is 22.1 Å². The Kier molecular flexibility index (Phi) is 4.57. The Morgan fingerprint density at radius 2 is 1.67 bits per heavy atom. The average molecular weight is 306 g/mol. The van der Waals surface area contributed by atoms with E-state index in [0.717, 1.165) is 0 Å². The monoisotopic (exact) mass is 305 g/mol. The van der Waals surface area contributed by atoms with Gasteiger partial charge in [-0.2, -0.15) is 0 Å². The van der Waals surface area contributed by atoms with Crippen molar-refractivity contribution in [2.24, 2.45) is 0 Å². The number of anilines is 1. The van der Waals surface area contributed by atoms with Crippen LogP contribution in [0.15, 0.2) is 42.5 Å². The summed E-state index contributed by atoms with van der Waals surface area (Å²) in [6.45, 7) is -0.0929. The number of aliphatic hydroxyl groups is 1. The third-order valence-electron chi connectivity index (χ3n) is 2.86. The topological polar surface area (TPSA) is 86.6 Å². The van der Waals surface area contributed by atoms with Gasteiger partial charge in [0.2, 0.25) is 0 Å². The van der Waals surface area contributed by atoms with Gasteiger partial charge >= 0.3 is 5.97 Å². The molecule has 0 bridgehead atoms. The number of rotatable bonds is 4. The molecule has 2 aromatic rings. The lowest BCUT2D eigenvalue weighted by Crippen LogP contribution is -2.12. The van der Waals surface area contributed by atoms with Gasteiger partial charge in [0.05, 0.1) is 22.9 Å². The fourth-order valence-electron chi connectivity index (χ4n) is 1.71. The Labute approximate surface area is 125 Å². The first kappa shape index (κ1) is 15.0. The summed E-state index contributed by atoms with van der Waals surface area (Å²) in [4.78, 5) is 22.8. The summed E-state index contributed by atoms with van der Waals surface area (Å²) in [5.41, 5.74) is 1.49. The molecule has 5 nitrogen and oxygen atoms in total. The lowest BCUT2D eigenvalue weighted by atomic mass is 10.1. The Bertz CT molecular complexity index is 683. The van der Waals surface area contributed by atoms with Crippen LogP contribution in [0.1, 0.15) is 26.3 Å². The SMILES string of the molecule is O=C(O)c1ccc(NC(=O)c2ccc(CO)cc2)c(Cl)c1. The van der Waals surface area contributed by atoms with E-state index in [9.17, 15) is 9.59 Å². The predicted molar refractivity (Wildman–Crippen MR) is 78.7 cm³/mol.